The van der Waals surface area contributed by atoms with E-state index in [0.29, 0.717) is 14.5 Å². The summed E-state index contributed by atoms with van der Waals surface area (Å²) in [6, 6.07) is 8.55. The fraction of sp³-hybridized carbons (Fsp3) is 0.200. The number of carbonyl (C=O) groups is 1. The van der Waals surface area contributed by atoms with Crippen molar-refractivity contribution in [1.29, 1.82) is 0 Å². The van der Waals surface area contributed by atoms with E-state index in [1.54, 1.807) is 6.07 Å². The topological polar surface area (TPSA) is 53.2 Å². The van der Waals surface area contributed by atoms with Gasteiger partial charge in [-0.05, 0) is 69.6 Å². The number of hydrogen-bond acceptors (Lipinski definition) is 2. The van der Waals surface area contributed by atoms with Crippen LogP contribution in [0.4, 0.5) is 26.3 Å². The zero-order chi connectivity index (χ0) is 25.7. The molecule has 1 atom stereocenters. The van der Waals surface area contributed by atoms with Crippen molar-refractivity contribution in [3.05, 3.63) is 72.6 Å². The summed E-state index contributed by atoms with van der Waals surface area (Å²) < 4.78 is 78.7. The van der Waals surface area contributed by atoms with Crippen LogP contribution in [0.2, 0.25) is 0 Å². The van der Waals surface area contributed by atoms with E-state index in [0.717, 1.165) is 6.08 Å². The molecule has 0 spiro atoms. The summed E-state index contributed by atoms with van der Waals surface area (Å²) in [7, 11) is 0. The van der Waals surface area contributed by atoms with Gasteiger partial charge in [0, 0.05) is 13.4 Å². The Balaban J connectivity index is 2.12. The number of thiocarbonyl (C=S) groups is 1. The lowest BCUT2D eigenvalue weighted by Gasteiger charge is -2.18. The molecule has 0 aliphatic carbocycles. The van der Waals surface area contributed by atoms with Gasteiger partial charge in [0.1, 0.15) is 6.54 Å². The minimum absolute atomic E-state index is 0.0289. The lowest BCUT2D eigenvalue weighted by molar-refractivity contribution is -0.139. The second-order valence-electron chi connectivity index (χ2n) is 6.70. The van der Waals surface area contributed by atoms with Crippen molar-refractivity contribution in [2.24, 2.45) is 0 Å². The molecular formula is C20H14Br3F6N3OS. The van der Waals surface area contributed by atoms with Gasteiger partial charge in [0.25, 0.3) is 5.91 Å². The number of halogens is 9. The highest BCUT2D eigenvalue weighted by Crippen LogP contribution is 2.38. The van der Waals surface area contributed by atoms with E-state index in [1.807, 2.05) is 5.32 Å². The lowest BCUT2D eigenvalue weighted by Crippen LogP contribution is -2.48. The molecule has 0 saturated carbocycles. The predicted octanol–water partition coefficient (Wildman–Crippen LogP) is 7.00. The number of rotatable bonds is 5. The average Bonchev–Trinajstić information content (AvgIpc) is 2.68. The van der Waals surface area contributed by atoms with Crippen LogP contribution in [0.15, 0.2) is 55.9 Å². The summed E-state index contributed by atoms with van der Waals surface area (Å²) in [4.78, 5) is 12.2. The zero-order valence-corrected chi connectivity index (χ0v) is 22.2. The SMILES string of the molecule is O=C(NNC(=S)NCC(F)(F)F)c1ccc(C=CC(c2cc(Br)cc(Br)c2)C(F)(F)F)cc1Br. The number of hydrazine groups is 1. The van der Waals surface area contributed by atoms with Crippen LogP contribution in [-0.4, -0.2) is 29.9 Å². The highest BCUT2D eigenvalue weighted by molar-refractivity contribution is 9.11. The Morgan fingerprint density at radius 2 is 1.59 bits per heavy atom. The fourth-order valence-corrected chi connectivity index (χ4v) is 4.62. The van der Waals surface area contributed by atoms with E-state index in [4.69, 9.17) is 0 Å². The molecular weight excluding hydrogens is 684 g/mol. The summed E-state index contributed by atoms with van der Waals surface area (Å²) in [6.07, 6.45) is -6.76. The molecule has 2 rings (SSSR count). The maximum Gasteiger partial charge on any atom is 0.405 e. The van der Waals surface area contributed by atoms with Gasteiger partial charge in [-0.3, -0.25) is 15.6 Å². The second-order valence-corrected chi connectivity index (χ2v) is 9.79. The molecule has 34 heavy (non-hydrogen) atoms. The standard InChI is InChI=1S/C20H14Br3F6N3OS/c21-12-6-11(7-13(22)8-12)15(20(27,28)29)4-2-10-1-3-14(16(23)5-10)17(33)31-32-18(34)30-9-19(24,25)26/h1-8,15H,9H2,(H,31,33)(H2,30,32,34). The van der Waals surface area contributed by atoms with E-state index >= 15 is 0 Å². The third-order valence-corrected chi connectivity index (χ3v) is 5.87. The summed E-state index contributed by atoms with van der Waals surface area (Å²) in [5.41, 5.74) is 4.75. The molecule has 0 bridgehead atoms. The van der Waals surface area contributed by atoms with Crippen LogP contribution in [0.25, 0.3) is 6.08 Å². The van der Waals surface area contributed by atoms with Crippen LogP contribution in [0.3, 0.4) is 0 Å². The van der Waals surface area contributed by atoms with Crippen molar-refractivity contribution in [2.45, 2.75) is 18.3 Å². The Morgan fingerprint density at radius 3 is 2.12 bits per heavy atom. The Morgan fingerprint density at radius 1 is 0.971 bits per heavy atom. The van der Waals surface area contributed by atoms with Crippen LogP contribution in [0.5, 0.6) is 0 Å². The summed E-state index contributed by atoms with van der Waals surface area (Å²) in [5, 5.41) is 1.43. The molecule has 0 heterocycles. The molecule has 184 valence electrons. The minimum Gasteiger partial charge on any atom is -0.352 e. The van der Waals surface area contributed by atoms with Crippen molar-refractivity contribution in [1.82, 2.24) is 16.2 Å². The largest absolute Gasteiger partial charge is 0.405 e. The molecule has 1 unspecified atom stereocenters. The monoisotopic (exact) mass is 695 g/mol. The number of nitrogens with one attached hydrogen (secondary N) is 3. The first kappa shape index (κ1) is 28.6. The van der Waals surface area contributed by atoms with Gasteiger partial charge in [-0.2, -0.15) is 26.3 Å². The molecule has 3 N–H and O–H groups in total. The first-order chi connectivity index (χ1) is 15.7. The number of hydrogen-bond donors (Lipinski definition) is 3. The predicted molar refractivity (Wildman–Crippen MR) is 131 cm³/mol. The number of alkyl halides is 6. The minimum atomic E-state index is -4.54. The van der Waals surface area contributed by atoms with Gasteiger partial charge in [-0.25, -0.2) is 0 Å². The number of benzene rings is 2. The van der Waals surface area contributed by atoms with E-state index in [9.17, 15) is 31.1 Å². The fourth-order valence-electron chi connectivity index (χ4n) is 2.60. The van der Waals surface area contributed by atoms with E-state index in [1.165, 1.54) is 36.4 Å². The summed E-state index contributed by atoms with van der Waals surface area (Å²) in [5.74, 6) is -2.61. The lowest BCUT2D eigenvalue weighted by atomic mass is 9.97. The van der Waals surface area contributed by atoms with Crippen LogP contribution in [0.1, 0.15) is 27.4 Å². The molecule has 2 aromatic rings. The molecule has 4 nitrogen and oxygen atoms in total. The Hall–Kier alpha value is -1.64. The van der Waals surface area contributed by atoms with E-state index < -0.39 is 35.8 Å². The molecule has 0 radical (unpaired) electrons. The highest BCUT2D eigenvalue weighted by atomic mass is 79.9. The Bertz CT molecular complexity index is 1070. The highest BCUT2D eigenvalue weighted by Gasteiger charge is 2.39. The van der Waals surface area contributed by atoms with E-state index in [2.05, 4.69) is 70.9 Å². The van der Waals surface area contributed by atoms with Gasteiger partial charge in [0.2, 0.25) is 0 Å². The van der Waals surface area contributed by atoms with Gasteiger partial charge in [0.05, 0.1) is 11.5 Å². The number of allylic oxidation sites excluding steroid dienone is 1. The van der Waals surface area contributed by atoms with Crippen LogP contribution < -0.4 is 16.2 Å². The molecule has 14 heteroatoms. The first-order valence-electron chi connectivity index (χ1n) is 9.07. The maximum absolute atomic E-state index is 13.7. The molecule has 0 aromatic heterocycles. The summed E-state index contributed by atoms with van der Waals surface area (Å²) in [6.45, 7) is -1.38. The molecule has 0 saturated heterocycles. The molecule has 0 aliphatic heterocycles. The zero-order valence-electron chi connectivity index (χ0n) is 16.6. The normalized spacial score (nSPS) is 13.0. The van der Waals surface area contributed by atoms with E-state index in [-0.39, 0.29) is 15.6 Å². The van der Waals surface area contributed by atoms with Crippen molar-refractivity contribution >= 4 is 77.1 Å². The van der Waals surface area contributed by atoms with Crippen LogP contribution in [-0.2, 0) is 0 Å². The van der Waals surface area contributed by atoms with Gasteiger partial charge in [0.15, 0.2) is 5.11 Å². The van der Waals surface area contributed by atoms with Gasteiger partial charge in [-0.1, -0.05) is 50.1 Å². The maximum atomic E-state index is 13.7. The molecule has 0 aliphatic rings. The quantitative estimate of drug-likeness (QED) is 0.179. The van der Waals surface area contributed by atoms with Crippen LogP contribution >= 0.6 is 60.0 Å². The smallest absolute Gasteiger partial charge is 0.352 e. The molecule has 1 amide bonds. The molecule has 0 fully saturated rings. The third kappa shape index (κ3) is 9.19. The second kappa shape index (κ2) is 11.9. The summed E-state index contributed by atoms with van der Waals surface area (Å²) >= 11 is 14.2. The van der Waals surface area contributed by atoms with Crippen molar-refractivity contribution in [2.75, 3.05) is 6.54 Å². The Labute approximate surface area is 220 Å². The van der Waals surface area contributed by atoms with Gasteiger partial charge < -0.3 is 5.32 Å². The number of carbonyl (C=O) groups excluding carboxylic acids is 1. The average molecular weight is 698 g/mol. The first-order valence-corrected chi connectivity index (χ1v) is 11.9. The Kier molecular flexibility index (Phi) is 9.98. The third-order valence-electron chi connectivity index (χ3n) is 4.05. The molecule has 2 aromatic carbocycles. The van der Waals surface area contributed by atoms with Gasteiger partial charge in [-0.15, -0.1) is 0 Å². The van der Waals surface area contributed by atoms with Crippen LogP contribution in [0, 0.1) is 0 Å². The number of amides is 1. The van der Waals surface area contributed by atoms with Crippen molar-refractivity contribution < 1.29 is 31.1 Å². The van der Waals surface area contributed by atoms with Gasteiger partial charge >= 0.3 is 12.4 Å². The van der Waals surface area contributed by atoms with Crippen molar-refractivity contribution in [3.63, 3.8) is 0 Å². The van der Waals surface area contributed by atoms with Crippen molar-refractivity contribution in [3.8, 4) is 0 Å².